The number of rotatable bonds is 7. The minimum Gasteiger partial charge on any atom is -0.455 e. The first-order valence-electron chi connectivity index (χ1n) is 9.18. The summed E-state index contributed by atoms with van der Waals surface area (Å²) in [7, 11) is -1.80. The molecule has 0 fully saturated rings. The van der Waals surface area contributed by atoms with Crippen LogP contribution in [0.1, 0.15) is 37.1 Å². The number of carbonyl (C=O) groups excluding carboxylic acids is 1. The average molecular weight is 449 g/mol. The molecule has 160 valence electrons. The summed E-state index contributed by atoms with van der Waals surface area (Å²) in [4.78, 5) is 16.8. The molecule has 30 heavy (non-hydrogen) atoms. The van der Waals surface area contributed by atoms with Crippen LogP contribution in [0.5, 0.6) is 0 Å². The van der Waals surface area contributed by atoms with Crippen molar-refractivity contribution in [3.63, 3.8) is 0 Å². The van der Waals surface area contributed by atoms with Crippen LogP contribution in [-0.4, -0.2) is 29.4 Å². The van der Waals surface area contributed by atoms with E-state index >= 15 is 0 Å². The van der Waals surface area contributed by atoms with Gasteiger partial charge in [-0.15, -0.1) is 0 Å². The van der Waals surface area contributed by atoms with Crippen LogP contribution in [0.25, 0.3) is 0 Å². The van der Waals surface area contributed by atoms with Crippen LogP contribution >= 0.6 is 11.8 Å². The summed E-state index contributed by atoms with van der Waals surface area (Å²) < 4.78 is 35.1. The molecular formula is C20H24N4O4S2. The van der Waals surface area contributed by atoms with E-state index in [0.717, 1.165) is 5.16 Å². The van der Waals surface area contributed by atoms with E-state index in [9.17, 15) is 13.2 Å². The topological polar surface area (TPSA) is 106 Å². The number of aromatic nitrogens is 2. The van der Waals surface area contributed by atoms with Crippen molar-refractivity contribution in [1.82, 2.24) is 14.3 Å². The number of aryl methyl sites for hydroxylation is 1. The van der Waals surface area contributed by atoms with Gasteiger partial charge in [0.1, 0.15) is 5.76 Å². The monoisotopic (exact) mass is 448 g/mol. The molecule has 2 N–H and O–H groups in total. The third-order valence-electron chi connectivity index (χ3n) is 3.85. The van der Waals surface area contributed by atoms with E-state index in [2.05, 4.69) is 15.0 Å². The zero-order chi connectivity index (χ0) is 21.9. The third kappa shape index (κ3) is 5.74. The molecule has 3 rings (SSSR count). The number of nitrogens with zero attached hydrogens (tertiary/aromatic N) is 2. The van der Waals surface area contributed by atoms with Gasteiger partial charge in [-0.3, -0.25) is 4.79 Å². The highest BCUT2D eigenvalue weighted by Gasteiger charge is 2.22. The lowest BCUT2D eigenvalue weighted by Gasteiger charge is -2.20. The van der Waals surface area contributed by atoms with Crippen molar-refractivity contribution >= 4 is 33.4 Å². The lowest BCUT2D eigenvalue weighted by molar-refractivity contribution is 0.0995. The third-order valence-corrected chi connectivity index (χ3v) is 6.68. The van der Waals surface area contributed by atoms with Gasteiger partial charge in [0.25, 0.3) is 5.91 Å². The van der Waals surface area contributed by atoms with Gasteiger partial charge in [0.2, 0.25) is 10.0 Å². The van der Waals surface area contributed by atoms with E-state index in [0.29, 0.717) is 17.2 Å². The number of thioether (sulfide) groups is 1. The van der Waals surface area contributed by atoms with Gasteiger partial charge in [-0.25, -0.2) is 18.1 Å². The number of imidazole rings is 1. The Balaban J connectivity index is 1.66. The van der Waals surface area contributed by atoms with Crippen LogP contribution in [0, 0.1) is 0 Å². The van der Waals surface area contributed by atoms with Gasteiger partial charge in [0, 0.05) is 30.7 Å². The molecule has 10 heteroatoms. The lowest BCUT2D eigenvalue weighted by atomic mass is 10.1. The highest BCUT2D eigenvalue weighted by atomic mass is 32.2. The van der Waals surface area contributed by atoms with Gasteiger partial charge in [0.15, 0.2) is 10.9 Å². The second-order valence-electron chi connectivity index (χ2n) is 7.71. The molecule has 2 heterocycles. The minimum absolute atomic E-state index is 0.0711. The molecule has 8 nitrogen and oxygen atoms in total. The van der Waals surface area contributed by atoms with Crippen LogP contribution in [0.15, 0.2) is 63.3 Å². The standard InChI is InChI=1S/C20H24N4O4S2/c1-20(2,3)23-30(26,27)16-7-5-6-14(12-16)22-18(25)17-9-8-15(28-17)13-29-19-21-10-11-24(19)4/h5-12,23H,13H2,1-4H3,(H,22,25). The van der Waals surface area contributed by atoms with Crippen molar-refractivity contribution in [3.05, 3.63) is 60.3 Å². The molecule has 0 aliphatic rings. The number of carbonyl (C=O) groups is 1. The van der Waals surface area contributed by atoms with Crippen molar-refractivity contribution in [2.75, 3.05) is 5.32 Å². The second-order valence-corrected chi connectivity index (χ2v) is 10.3. The van der Waals surface area contributed by atoms with Crippen LogP contribution < -0.4 is 10.0 Å². The zero-order valence-corrected chi connectivity index (χ0v) is 18.8. The molecule has 0 atom stereocenters. The van der Waals surface area contributed by atoms with Crippen LogP contribution in [-0.2, 0) is 22.8 Å². The molecule has 0 spiro atoms. The van der Waals surface area contributed by atoms with Gasteiger partial charge >= 0.3 is 0 Å². The van der Waals surface area contributed by atoms with E-state index in [1.807, 2.05) is 17.8 Å². The minimum atomic E-state index is -3.70. The number of benzene rings is 1. The summed E-state index contributed by atoms with van der Waals surface area (Å²) >= 11 is 1.50. The quantitative estimate of drug-likeness (QED) is 0.535. The largest absolute Gasteiger partial charge is 0.455 e. The summed E-state index contributed by atoms with van der Waals surface area (Å²) in [6, 6.07) is 9.40. The number of amides is 1. The Morgan fingerprint density at radius 2 is 2.00 bits per heavy atom. The fourth-order valence-electron chi connectivity index (χ4n) is 2.60. The molecule has 0 bridgehead atoms. The van der Waals surface area contributed by atoms with Gasteiger partial charge in [-0.05, 0) is 51.1 Å². The van der Waals surface area contributed by atoms with Crippen LogP contribution in [0.2, 0.25) is 0 Å². The van der Waals surface area contributed by atoms with Gasteiger partial charge < -0.3 is 14.3 Å². The second kappa shape index (κ2) is 8.66. The Morgan fingerprint density at radius 3 is 2.67 bits per heavy atom. The van der Waals surface area contributed by atoms with Crippen molar-refractivity contribution in [2.24, 2.45) is 7.05 Å². The van der Waals surface area contributed by atoms with Crippen LogP contribution in [0.3, 0.4) is 0 Å². The molecular weight excluding hydrogens is 424 g/mol. The van der Waals surface area contributed by atoms with Crippen molar-refractivity contribution in [3.8, 4) is 0 Å². The van der Waals surface area contributed by atoms with E-state index < -0.39 is 21.5 Å². The van der Waals surface area contributed by atoms with Crippen LogP contribution in [0.4, 0.5) is 5.69 Å². The molecule has 0 aliphatic heterocycles. The van der Waals surface area contributed by atoms with E-state index in [-0.39, 0.29) is 10.7 Å². The maximum absolute atomic E-state index is 12.5. The van der Waals surface area contributed by atoms with Crippen molar-refractivity contribution < 1.29 is 17.6 Å². The highest BCUT2D eigenvalue weighted by Crippen LogP contribution is 2.23. The zero-order valence-electron chi connectivity index (χ0n) is 17.2. The first-order valence-corrected chi connectivity index (χ1v) is 11.6. The Hall–Kier alpha value is -2.56. The number of hydrogen-bond acceptors (Lipinski definition) is 6. The first-order chi connectivity index (χ1) is 14.0. The fourth-order valence-corrected chi connectivity index (χ4v) is 4.89. The molecule has 0 saturated heterocycles. The Labute approximate surface area is 180 Å². The Morgan fingerprint density at radius 1 is 1.23 bits per heavy atom. The molecule has 0 saturated carbocycles. The van der Waals surface area contributed by atoms with E-state index in [4.69, 9.17) is 4.42 Å². The SMILES string of the molecule is Cn1ccnc1SCc1ccc(C(=O)Nc2cccc(S(=O)(=O)NC(C)(C)C)c2)o1. The molecule has 0 radical (unpaired) electrons. The van der Waals surface area contributed by atoms with Gasteiger partial charge in [-0.2, -0.15) is 0 Å². The Kier molecular flexibility index (Phi) is 6.39. The fraction of sp³-hybridized carbons (Fsp3) is 0.300. The molecule has 1 aromatic carbocycles. The maximum atomic E-state index is 12.5. The molecule has 2 aromatic heterocycles. The lowest BCUT2D eigenvalue weighted by Crippen LogP contribution is -2.40. The summed E-state index contributed by atoms with van der Waals surface area (Å²) in [5, 5.41) is 3.52. The summed E-state index contributed by atoms with van der Waals surface area (Å²) in [6.45, 7) is 5.28. The number of furan rings is 1. The number of anilines is 1. The number of hydrogen-bond donors (Lipinski definition) is 2. The average Bonchev–Trinajstić information content (AvgIpc) is 3.27. The molecule has 0 unspecified atom stereocenters. The van der Waals surface area contributed by atoms with E-state index in [1.54, 1.807) is 51.2 Å². The summed E-state index contributed by atoms with van der Waals surface area (Å²) in [5.41, 5.74) is -0.257. The van der Waals surface area contributed by atoms with Crippen molar-refractivity contribution in [2.45, 2.75) is 42.1 Å². The first kappa shape index (κ1) is 22.1. The Bertz CT molecular complexity index is 1140. The van der Waals surface area contributed by atoms with E-state index in [1.165, 1.54) is 23.9 Å². The highest BCUT2D eigenvalue weighted by molar-refractivity contribution is 7.98. The maximum Gasteiger partial charge on any atom is 0.291 e. The predicted molar refractivity (Wildman–Crippen MR) is 116 cm³/mol. The normalized spacial score (nSPS) is 12.1. The molecule has 3 aromatic rings. The summed E-state index contributed by atoms with van der Waals surface area (Å²) in [6.07, 6.45) is 3.57. The summed E-state index contributed by atoms with van der Waals surface area (Å²) in [5.74, 6) is 0.858. The molecule has 1 amide bonds. The molecule has 0 aliphatic carbocycles. The number of sulfonamides is 1. The smallest absolute Gasteiger partial charge is 0.291 e. The van der Waals surface area contributed by atoms with Crippen molar-refractivity contribution in [1.29, 1.82) is 0 Å². The van der Waals surface area contributed by atoms with Gasteiger partial charge in [-0.1, -0.05) is 17.8 Å². The number of nitrogens with one attached hydrogen (secondary N) is 2. The predicted octanol–water partition coefficient (Wildman–Crippen LogP) is 3.63. The van der Waals surface area contributed by atoms with Gasteiger partial charge in [0.05, 0.1) is 10.6 Å².